The van der Waals surface area contributed by atoms with Gasteiger partial charge in [0, 0.05) is 24.8 Å². The summed E-state index contributed by atoms with van der Waals surface area (Å²) in [4.78, 5) is 16.9. The Morgan fingerprint density at radius 1 is 1.03 bits per heavy atom. The van der Waals surface area contributed by atoms with E-state index in [0.29, 0.717) is 36.9 Å². The van der Waals surface area contributed by atoms with E-state index < -0.39 is 10.0 Å². The number of ketones is 1. The van der Waals surface area contributed by atoms with Crippen molar-refractivity contribution in [2.45, 2.75) is 9.92 Å². The topological polar surface area (TPSA) is 76.6 Å². The van der Waals surface area contributed by atoms with E-state index in [0.717, 1.165) is 10.8 Å². The predicted molar refractivity (Wildman–Crippen MR) is 113 cm³/mol. The number of thioether (sulfide) groups is 1. The van der Waals surface area contributed by atoms with Gasteiger partial charge in [-0.1, -0.05) is 48.2 Å². The summed E-state index contributed by atoms with van der Waals surface area (Å²) in [6.45, 7) is 1.49. The fourth-order valence-corrected chi connectivity index (χ4v) is 5.22. The van der Waals surface area contributed by atoms with Crippen molar-refractivity contribution in [3.63, 3.8) is 0 Å². The second-order valence-corrected chi connectivity index (χ2v) is 9.56. The van der Waals surface area contributed by atoms with Crippen LogP contribution in [-0.4, -0.2) is 55.5 Å². The summed E-state index contributed by atoms with van der Waals surface area (Å²) in [6, 6.07) is 16.8. The number of rotatable bonds is 6. The lowest BCUT2D eigenvalue weighted by Gasteiger charge is -2.25. The molecule has 1 aromatic heterocycles. The van der Waals surface area contributed by atoms with E-state index in [2.05, 4.69) is 4.98 Å². The van der Waals surface area contributed by atoms with Gasteiger partial charge in [-0.25, -0.2) is 13.4 Å². The largest absolute Gasteiger partial charge is 0.379 e. The van der Waals surface area contributed by atoms with Gasteiger partial charge >= 0.3 is 0 Å². The summed E-state index contributed by atoms with van der Waals surface area (Å²) in [6.07, 6.45) is 1.35. The van der Waals surface area contributed by atoms with Crippen LogP contribution < -0.4 is 0 Å². The Hall–Kier alpha value is -2.26. The summed E-state index contributed by atoms with van der Waals surface area (Å²) >= 11 is 1.29. The second kappa shape index (κ2) is 8.62. The third-order valence-corrected chi connectivity index (χ3v) is 7.57. The number of hydrogen-bond acceptors (Lipinski definition) is 6. The predicted octanol–water partition coefficient (Wildman–Crippen LogP) is 3.23. The lowest BCUT2D eigenvalue weighted by atomic mass is 10.1. The molecule has 0 unspecified atom stereocenters. The first-order valence-electron chi connectivity index (χ1n) is 9.23. The zero-order valence-corrected chi connectivity index (χ0v) is 17.3. The molecule has 0 aliphatic carbocycles. The Balaban J connectivity index is 1.41. The van der Waals surface area contributed by atoms with Crippen LogP contribution in [0.15, 0.2) is 70.7 Å². The number of aromatic nitrogens is 1. The van der Waals surface area contributed by atoms with Gasteiger partial charge in [-0.3, -0.25) is 4.79 Å². The van der Waals surface area contributed by atoms with Crippen molar-refractivity contribution >= 4 is 38.3 Å². The van der Waals surface area contributed by atoms with Crippen molar-refractivity contribution in [3.05, 3.63) is 66.4 Å². The molecule has 0 atom stereocenters. The molecule has 2 aromatic carbocycles. The maximum atomic E-state index is 12.6. The van der Waals surface area contributed by atoms with Crippen molar-refractivity contribution in [1.29, 1.82) is 0 Å². The smallest absolute Gasteiger partial charge is 0.244 e. The maximum Gasteiger partial charge on any atom is 0.244 e. The van der Waals surface area contributed by atoms with E-state index >= 15 is 0 Å². The SMILES string of the molecule is O=C(CSc1ccc(S(=O)(=O)N2CCOCC2)cn1)c1ccc2ccccc2c1. The highest BCUT2D eigenvalue weighted by atomic mass is 32.2. The molecule has 0 amide bonds. The molecular weight excluding hydrogens is 408 g/mol. The van der Waals surface area contributed by atoms with Crippen LogP contribution in [0.4, 0.5) is 0 Å². The van der Waals surface area contributed by atoms with Crippen molar-refractivity contribution in [2.75, 3.05) is 32.1 Å². The van der Waals surface area contributed by atoms with Crippen LogP contribution in [0.5, 0.6) is 0 Å². The molecular formula is C21H20N2O4S2. The number of fused-ring (bicyclic) bond motifs is 1. The van der Waals surface area contributed by atoms with Crippen LogP contribution in [0, 0.1) is 0 Å². The van der Waals surface area contributed by atoms with Gasteiger partial charge in [0.1, 0.15) is 4.90 Å². The molecule has 4 rings (SSSR count). The monoisotopic (exact) mass is 428 g/mol. The lowest BCUT2D eigenvalue weighted by Crippen LogP contribution is -2.40. The average molecular weight is 429 g/mol. The van der Waals surface area contributed by atoms with Crippen LogP contribution in [0.25, 0.3) is 10.8 Å². The average Bonchev–Trinajstić information content (AvgIpc) is 2.78. The Labute approximate surface area is 173 Å². The molecule has 0 spiro atoms. The van der Waals surface area contributed by atoms with Gasteiger partial charge in [0.15, 0.2) is 5.78 Å². The van der Waals surface area contributed by atoms with E-state index in [1.165, 1.54) is 22.3 Å². The van der Waals surface area contributed by atoms with Crippen LogP contribution in [0.2, 0.25) is 0 Å². The number of ether oxygens (including phenoxy) is 1. The molecule has 1 fully saturated rings. The summed E-state index contributed by atoms with van der Waals surface area (Å²) in [5, 5.41) is 2.73. The third-order valence-electron chi connectivity index (χ3n) is 4.74. The van der Waals surface area contributed by atoms with Gasteiger partial charge < -0.3 is 4.74 Å². The quantitative estimate of drug-likeness (QED) is 0.443. The number of carbonyl (C=O) groups excluding carboxylic acids is 1. The molecule has 1 aliphatic heterocycles. The Morgan fingerprint density at radius 2 is 1.79 bits per heavy atom. The van der Waals surface area contributed by atoms with Crippen molar-refractivity contribution in [3.8, 4) is 0 Å². The van der Waals surface area contributed by atoms with Gasteiger partial charge in [-0.05, 0) is 29.0 Å². The van der Waals surface area contributed by atoms with Crippen molar-refractivity contribution in [2.24, 2.45) is 0 Å². The Kier molecular flexibility index (Phi) is 5.96. The minimum Gasteiger partial charge on any atom is -0.379 e. The number of carbonyl (C=O) groups is 1. The standard InChI is InChI=1S/C21H20N2O4S2/c24-20(18-6-5-16-3-1-2-4-17(16)13-18)15-28-21-8-7-19(14-22-21)29(25,26)23-9-11-27-12-10-23/h1-8,13-14H,9-12,15H2. The number of morpholine rings is 1. The molecule has 8 heteroatoms. The lowest BCUT2D eigenvalue weighted by molar-refractivity contribution is 0.0730. The third kappa shape index (κ3) is 4.51. The summed E-state index contributed by atoms with van der Waals surface area (Å²) in [7, 11) is -3.56. The van der Waals surface area contributed by atoms with Crippen LogP contribution in [-0.2, 0) is 14.8 Å². The van der Waals surface area contributed by atoms with Crippen LogP contribution >= 0.6 is 11.8 Å². The summed E-state index contributed by atoms with van der Waals surface area (Å²) in [5.41, 5.74) is 0.655. The first kappa shape index (κ1) is 20.0. The molecule has 29 heavy (non-hydrogen) atoms. The molecule has 6 nitrogen and oxygen atoms in total. The zero-order valence-electron chi connectivity index (χ0n) is 15.7. The van der Waals surface area contributed by atoms with E-state index in [-0.39, 0.29) is 16.4 Å². The number of sulfonamides is 1. The molecule has 1 saturated heterocycles. The van der Waals surface area contributed by atoms with Crippen LogP contribution in [0.3, 0.4) is 0 Å². The van der Waals surface area contributed by atoms with Crippen molar-refractivity contribution in [1.82, 2.24) is 9.29 Å². The fraction of sp³-hybridized carbons (Fsp3) is 0.238. The maximum absolute atomic E-state index is 12.6. The van der Waals surface area contributed by atoms with Gasteiger partial charge in [0.25, 0.3) is 0 Å². The highest BCUT2D eigenvalue weighted by Crippen LogP contribution is 2.22. The number of Topliss-reactive ketones (excluding diaryl/α,β-unsaturated/α-hetero) is 1. The van der Waals surface area contributed by atoms with E-state index in [9.17, 15) is 13.2 Å². The van der Waals surface area contributed by atoms with E-state index in [4.69, 9.17) is 4.74 Å². The van der Waals surface area contributed by atoms with Gasteiger partial charge in [-0.15, -0.1) is 0 Å². The molecule has 0 radical (unpaired) electrons. The minimum absolute atomic E-state index is 0.00701. The summed E-state index contributed by atoms with van der Waals surface area (Å²) in [5.74, 6) is 0.244. The Bertz CT molecular complexity index is 1120. The number of benzene rings is 2. The van der Waals surface area contributed by atoms with Crippen molar-refractivity contribution < 1.29 is 17.9 Å². The number of nitrogens with zero attached hydrogens (tertiary/aromatic N) is 2. The number of hydrogen-bond donors (Lipinski definition) is 0. The molecule has 0 N–H and O–H groups in total. The first-order valence-corrected chi connectivity index (χ1v) is 11.7. The molecule has 0 saturated carbocycles. The molecule has 150 valence electrons. The molecule has 3 aromatic rings. The zero-order chi connectivity index (χ0) is 20.3. The second-order valence-electron chi connectivity index (χ2n) is 6.62. The van der Waals surface area contributed by atoms with Gasteiger partial charge in [0.05, 0.1) is 24.0 Å². The van der Waals surface area contributed by atoms with Gasteiger partial charge in [-0.2, -0.15) is 4.31 Å². The summed E-state index contributed by atoms with van der Waals surface area (Å²) < 4.78 is 31.9. The molecule has 1 aliphatic rings. The normalized spacial score (nSPS) is 15.4. The van der Waals surface area contributed by atoms with Crippen LogP contribution in [0.1, 0.15) is 10.4 Å². The highest BCUT2D eigenvalue weighted by molar-refractivity contribution is 7.99. The fourth-order valence-electron chi connectivity index (χ4n) is 3.13. The number of pyridine rings is 1. The Morgan fingerprint density at radius 3 is 2.52 bits per heavy atom. The van der Waals surface area contributed by atoms with E-state index in [1.54, 1.807) is 12.1 Å². The minimum atomic E-state index is -3.56. The molecule has 2 heterocycles. The van der Waals surface area contributed by atoms with Gasteiger partial charge in [0.2, 0.25) is 10.0 Å². The highest BCUT2D eigenvalue weighted by Gasteiger charge is 2.26. The first-order chi connectivity index (χ1) is 14.0. The van der Waals surface area contributed by atoms with E-state index in [1.807, 2.05) is 42.5 Å². The molecule has 0 bridgehead atoms.